The molecule has 0 fully saturated rings. The summed E-state index contributed by atoms with van der Waals surface area (Å²) in [4.78, 5) is 31.9. The van der Waals surface area contributed by atoms with Crippen molar-refractivity contribution in [2.24, 2.45) is 0 Å². The lowest BCUT2D eigenvalue weighted by atomic mass is 9.82. The molecule has 0 spiro atoms. The maximum absolute atomic E-state index is 5.38. The molecule has 0 unspecified atom stereocenters. The molecule has 142 heavy (non-hydrogen) atoms. The summed E-state index contributed by atoms with van der Waals surface area (Å²) in [5.41, 5.74) is 28.6. The highest BCUT2D eigenvalue weighted by molar-refractivity contribution is 7.26. The highest BCUT2D eigenvalue weighted by Crippen LogP contribution is 2.53. The molecule has 0 N–H and O–H groups in total. The summed E-state index contributed by atoms with van der Waals surface area (Å²) < 4.78 is 16.9. The van der Waals surface area contributed by atoms with Gasteiger partial charge in [-0.1, -0.05) is 329 Å². The molecule has 0 aliphatic heterocycles. The Morgan fingerprint density at radius 2 is 0.542 bits per heavy atom. The monoisotopic (exact) mass is 1870 g/mol. The van der Waals surface area contributed by atoms with Crippen molar-refractivity contribution in [2.45, 2.75) is 19.3 Å². The first-order valence-corrected chi connectivity index (χ1v) is 50.5. The van der Waals surface area contributed by atoms with Crippen LogP contribution in [0.1, 0.15) is 25.0 Å². The van der Waals surface area contributed by atoms with E-state index in [-0.39, 0.29) is 5.41 Å². The van der Waals surface area contributed by atoms with Crippen molar-refractivity contribution in [1.29, 1.82) is 0 Å². The summed E-state index contributed by atoms with van der Waals surface area (Å²) in [5, 5.41) is 17.2. The summed E-state index contributed by atoms with van der Waals surface area (Å²) >= 11 is 5.49. The first kappa shape index (κ1) is 82.5. The highest BCUT2D eigenvalue weighted by Gasteiger charge is 2.37. The second kappa shape index (κ2) is 33.3. The van der Waals surface area contributed by atoms with Gasteiger partial charge in [-0.2, -0.15) is 0 Å². The number of hydrogen-bond donors (Lipinski definition) is 0. The van der Waals surface area contributed by atoms with E-state index < -0.39 is 0 Å². The minimum absolute atomic E-state index is 0.0787. The van der Waals surface area contributed by atoms with Gasteiger partial charge in [0.2, 0.25) is 11.9 Å². The van der Waals surface area contributed by atoms with E-state index in [0.717, 1.165) is 112 Å². The van der Waals surface area contributed by atoms with Crippen LogP contribution < -0.4 is 0 Å². The van der Waals surface area contributed by atoms with Crippen LogP contribution in [0.3, 0.4) is 0 Å². The Balaban J connectivity index is 0.000000104. The van der Waals surface area contributed by atoms with Crippen LogP contribution in [-0.2, 0) is 5.41 Å². The molecular weight excluding hydrogens is 1790 g/mol. The third-order valence-corrected chi connectivity index (χ3v) is 32.0. The molecule has 0 saturated heterocycles. The number of rotatable bonds is 11. The highest BCUT2D eigenvalue weighted by atomic mass is 32.1. The van der Waals surface area contributed by atoms with Gasteiger partial charge >= 0.3 is 0 Å². The second-order valence-electron chi connectivity index (χ2n) is 37.2. The van der Waals surface area contributed by atoms with Gasteiger partial charge in [0, 0.05) is 154 Å². The number of hydrogen-bond acceptors (Lipinski definition) is 9. The lowest BCUT2D eigenvalue weighted by Crippen LogP contribution is -2.14. The van der Waals surface area contributed by atoms with Gasteiger partial charge in [-0.05, 0) is 173 Å². The molecule has 0 radical (unpaired) electrons. The molecule has 666 valence electrons. The van der Waals surface area contributed by atoms with Crippen molar-refractivity contribution in [2.75, 3.05) is 0 Å². The molecule has 0 atom stereocenters. The number of benzene rings is 19. The number of thiophene rings is 3. The number of aromatic nitrogens is 10. The van der Waals surface area contributed by atoms with Gasteiger partial charge in [-0.25, -0.2) is 29.9 Å². The molecule has 10 nitrogen and oxygen atoms in total. The zero-order valence-electron chi connectivity index (χ0n) is 77.1. The zero-order valence-corrected chi connectivity index (χ0v) is 79.5. The normalized spacial score (nSPS) is 12.4. The molecule has 19 aromatic carbocycles. The fraction of sp³-hybridized carbons (Fsp3) is 0.0233. The van der Waals surface area contributed by atoms with E-state index in [1.54, 1.807) is 0 Å². The predicted molar refractivity (Wildman–Crippen MR) is 598 cm³/mol. The van der Waals surface area contributed by atoms with Crippen LogP contribution in [0.5, 0.6) is 0 Å². The number of nitrogens with zero attached hydrogens (tertiary/aromatic N) is 10. The SMILES string of the molecule is CC1(C)c2ccccc2-c2cc3c(cc21)c1ccccc1n3-c1nc(-c2ccccc2)cc(-c2ccc3sc4ccccc4c3c2)n1.c1ccc(-c2cc(-c3ccc4c(c3)sc3ccccc34)nc(-n3c4ccccc4c4cc5c(cc43)c3ccccc3n5-c3ccccc3)n2)cc1.c1ccc(-c2cccc(-c3cc(-n4c5ccccc5c5ccccc54)nc(-c4ccc5sc6ccccc6c5c4)n3)c2)cc1. The quantitative estimate of drug-likeness (QED) is 0.128. The van der Waals surface area contributed by atoms with Crippen LogP contribution in [0.2, 0.25) is 0 Å². The van der Waals surface area contributed by atoms with E-state index in [2.05, 4.69) is 487 Å². The first-order valence-electron chi connectivity index (χ1n) is 48.0. The van der Waals surface area contributed by atoms with Crippen LogP contribution >= 0.6 is 34.0 Å². The van der Waals surface area contributed by atoms with E-state index in [1.807, 2.05) is 40.1 Å². The number of para-hydroxylation sites is 6. The summed E-state index contributed by atoms with van der Waals surface area (Å²) in [5.74, 6) is 2.89. The third-order valence-electron chi connectivity index (χ3n) is 28.6. The fourth-order valence-corrected chi connectivity index (χ4v) is 25.2. The Morgan fingerprint density at radius 3 is 1.09 bits per heavy atom. The Labute approximate surface area is 828 Å². The van der Waals surface area contributed by atoms with Gasteiger partial charge in [-0.3, -0.25) is 13.7 Å². The predicted octanol–water partition coefficient (Wildman–Crippen LogP) is 34.9. The van der Waals surface area contributed by atoms with Crippen molar-refractivity contribution in [3.05, 3.63) is 472 Å². The maximum atomic E-state index is 5.38. The minimum atomic E-state index is -0.0787. The third kappa shape index (κ3) is 13.7. The molecule has 0 amide bonds. The molecule has 10 heterocycles. The van der Waals surface area contributed by atoms with E-state index in [1.165, 1.54) is 142 Å². The van der Waals surface area contributed by atoms with E-state index in [0.29, 0.717) is 17.7 Å². The fourth-order valence-electron chi connectivity index (χ4n) is 21.9. The molecule has 30 rings (SSSR count). The summed E-state index contributed by atoms with van der Waals surface area (Å²) in [6.07, 6.45) is 0. The minimum Gasteiger partial charge on any atom is -0.309 e. The molecule has 0 saturated carbocycles. The van der Waals surface area contributed by atoms with Crippen LogP contribution in [0, 0.1) is 0 Å². The number of fused-ring (bicyclic) bond motifs is 24. The van der Waals surface area contributed by atoms with E-state index >= 15 is 0 Å². The molecule has 13 heteroatoms. The Morgan fingerprint density at radius 1 is 0.183 bits per heavy atom. The average Bonchev–Trinajstić information content (AvgIpc) is 1.56. The van der Waals surface area contributed by atoms with Crippen molar-refractivity contribution < 1.29 is 0 Å². The second-order valence-corrected chi connectivity index (χ2v) is 40.4. The molecule has 29 aromatic rings. The van der Waals surface area contributed by atoms with Gasteiger partial charge in [-0.15, -0.1) is 34.0 Å². The molecule has 1 aliphatic rings. The molecule has 1 aliphatic carbocycles. The Kier molecular flexibility index (Phi) is 19.4. The van der Waals surface area contributed by atoms with Crippen LogP contribution in [-0.4, -0.2) is 48.2 Å². The molecule has 0 bridgehead atoms. The smallest absolute Gasteiger partial charge is 0.235 e. The first-order chi connectivity index (χ1) is 70.1. The largest absolute Gasteiger partial charge is 0.309 e. The van der Waals surface area contributed by atoms with Gasteiger partial charge in [0.1, 0.15) is 5.82 Å². The van der Waals surface area contributed by atoms with Crippen LogP contribution in [0.25, 0.3) is 261 Å². The van der Waals surface area contributed by atoms with Gasteiger partial charge < -0.3 is 4.57 Å². The average molecular weight is 1870 g/mol. The maximum Gasteiger partial charge on any atom is 0.235 e. The lowest BCUT2D eigenvalue weighted by molar-refractivity contribution is 0.661. The summed E-state index contributed by atoms with van der Waals surface area (Å²) in [6, 6.07) is 165. The van der Waals surface area contributed by atoms with Gasteiger partial charge in [0.15, 0.2) is 5.82 Å². The standard InChI is InChI=1S/C46H28N4S.C43H29N3S.C40H25N3S/c1-3-13-29(14-4-1)38-28-39(30-23-24-35-34-19-9-12-22-44(34)51-45(35)25-30)48-46(47-38)50-41-21-11-8-18-33(41)37-26-42-36(27-43(37)50)32-17-7-10-20-40(32)49(42)31-15-5-2-6-16-31;1-43(2)34-17-9-6-14-28(34)31-24-39-32(23-35(31)43)29-15-7-10-18-38(29)46(39)42-44-36(26-12-4-3-5-13-26)25-37(45-42)27-20-21-41-33(22-27)30-16-8-11-19-40(30)47-41;1-2-11-26(12-3-1)27-13-10-14-28(23-27)34-25-39(43-35-18-7-4-15-30(35)31-16-5-8-19-36(31)43)42-40(41-34)29-21-22-38-33(24-29)32-17-6-9-20-37(32)44-38/h1-28H;3-25H,1-2H3;1-25H. The zero-order chi connectivity index (χ0) is 93.8. The molecule has 10 aromatic heterocycles. The van der Waals surface area contributed by atoms with E-state index in [4.69, 9.17) is 29.9 Å². The van der Waals surface area contributed by atoms with Gasteiger partial charge in [0.05, 0.1) is 72.6 Å². The Bertz CT molecular complexity index is 10100. The van der Waals surface area contributed by atoms with Crippen LogP contribution in [0.15, 0.2) is 461 Å². The summed E-state index contributed by atoms with van der Waals surface area (Å²) in [7, 11) is 0. The van der Waals surface area contributed by atoms with Crippen molar-refractivity contribution in [3.8, 4) is 113 Å². The topological polar surface area (TPSA) is 97.1 Å². The summed E-state index contributed by atoms with van der Waals surface area (Å²) in [6.45, 7) is 4.68. The van der Waals surface area contributed by atoms with E-state index in [9.17, 15) is 0 Å². The van der Waals surface area contributed by atoms with Gasteiger partial charge in [0.25, 0.3) is 0 Å². The lowest BCUT2D eigenvalue weighted by Gasteiger charge is -2.21. The van der Waals surface area contributed by atoms with Crippen molar-refractivity contribution in [1.82, 2.24) is 48.2 Å². The van der Waals surface area contributed by atoms with Crippen molar-refractivity contribution in [3.63, 3.8) is 0 Å². The van der Waals surface area contributed by atoms with Crippen molar-refractivity contribution >= 4 is 182 Å². The Hall–Kier alpha value is -17.7. The molecular formula is C129H82N10S3. The van der Waals surface area contributed by atoms with Crippen LogP contribution in [0.4, 0.5) is 0 Å².